The van der Waals surface area contributed by atoms with Crippen LogP contribution in [0.15, 0.2) is 18.3 Å². The Morgan fingerprint density at radius 3 is 2.68 bits per heavy atom. The molecule has 2 aliphatic carbocycles. The number of aromatic nitrogens is 1. The number of amides is 1. The van der Waals surface area contributed by atoms with Crippen molar-refractivity contribution in [1.29, 1.82) is 0 Å². The predicted molar refractivity (Wildman–Crippen MR) is 123 cm³/mol. The van der Waals surface area contributed by atoms with E-state index >= 15 is 0 Å². The topological polar surface area (TPSA) is 52.2 Å². The quantitative estimate of drug-likeness (QED) is 0.719. The smallest absolute Gasteiger partial charge is 0.409 e. The summed E-state index contributed by atoms with van der Waals surface area (Å²) in [4.78, 5) is 26.2. The van der Waals surface area contributed by atoms with Gasteiger partial charge in [0.1, 0.15) is 0 Å². The zero-order valence-corrected chi connectivity index (χ0v) is 19.1. The van der Waals surface area contributed by atoms with E-state index in [-0.39, 0.29) is 6.09 Å². The number of anilines is 2. The van der Waals surface area contributed by atoms with E-state index in [2.05, 4.69) is 33.9 Å². The van der Waals surface area contributed by atoms with Gasteiger partial charge < -0.3 is 19.4 Å². The van der Waals surface area contributed by atoms with E-state index < -0.39 is 0 Å². The summed E-state index contributed by atoms with van der Waals surface area (Å²) < 4.78 is 5.16. The lowest BCUT2D eigenvalue weighted by Gasteiger charge is -2.48. The third-order valence-electron chi connectivity index (χ3n) is 8.15. The molecule has 1 aromatic rings. The minimum absolute atomic E-state index is 0.136. The monoisotopic (exact) mass is 427 g/mol. The molecular weight excluding hydrogens is 390 g/mol. The van der Waals surface area contributed by atoms with Crippen molar-refractivity contribution < 1.29 is 9.53 Å². The molecule has 1 atom stereocenters. The highest BCUT2D eigenvalue weighted by atomic mass is 16.6. The van der Waals surface area contributed by atoms with Crippen molar-refractivity contribution in [3.8, 4) is 0 Å². The van der Waals surface area contributed by atoms with Crippen LogP contribution >= 0.6 is 0 Å². The highest BCUT2D eigenvalue weighted by Gasteiger charge is 2.51. The number of rotatable bonds is 5. The van der Waals surface area contributed by atoms with Crippen LogP contribution in [0.1, 0.15) is 45.4 Å². The lowest BCUT2D eigenvalue weighted by molar-refractivity contribution is -0.00294. The molecule has 7 nitrogen and oxygen atoms in total. The normalized spacial score (nSPS) is 25.9. The maximum Gasteiger partial charge on any atom is 0.409 e. The van der Waals surface area contributed by atoms with Gasteiger partial charge in [-0.25, -0.2) is 9.78 Å². The lowest BCUT2D eigenvalue weighted by atomic mass is 9.78. The van der Waals surface area contributed by atoms with Crippen LogP contribution in [0.5, 0.6) is 0 Å². The van der Waals surface area contributed by atoms with Gasteiger partial charge >= 0.3 is 6.09 Å². The summed E-state index contributed by atoms with van der Waals surface area (Å²) in [6.45, 7) is 8.39. The van der Waals surface area contributed by atoms with Crippen molar-refractivity contribution in [2.24, 2.45) is 5.41 Å². The molecule has 4 fully saturated rings. The fraction of sp³-hybridized carbons (Fsp3) is 0.750. The van der Waals surface area contributed by atoms with Crippen LogP contribution in [0.2, 0.25) is 0 Å². The van der Waals surface area contributed by atoms with E-state index in [0.29, 0.717) is 24.1 Å². The molecule has 0 aromatic carbocycles. The Morgan fingerprint density at radius 1 is 1.23 bits per heavy atom. The van der Waals surface area contributed by atoms with Gasteiger partial charge in [0.15, 0.2) is 5.82 Å². The number of likely N-dealkylation sites (tertiary alicyclic amines) is 1. The third-order valence-corrected chi connectivity index (χ3v) is 8.15. The second-order valence-corrected chi connectivity index (χ2v) is 10.0. The van der Waals surface area contributed by atoms with Crippen molar-refractivity contribution in [1.82, 2.24) is 14.8 Å². The Balaban J connectivity index is 1.15. The molecule has 3 heterocycles. The number of nitrogens with zero attached hydrogens (tertiary/aromatic N) is 5. The van der Waals surface area contributed by atoms with Crippen molar-refractivity contribution in [2.45, 2.75) is 57.5 Å². The van der Waals surface area contributed by atoms with Gasteiger partial charge in [0, 0.05) is 70.0 Å². The second-order valence-electron chi connectivity index (χ2n) is 10.0. The molecule has 5 rings (SSSR count). The number of hydrogen-bond donors (Lipinski definition) is 0. The maximum atomic E-state index is 11.9. The van der Waals surface area contributed by atoms with Crippen molar-refractivity contribution in [2.75, 3.05) is 62.7 Å². The van der Waals surface area contributed by atoms with E-state index in [9.17, 15) is 4.79 Å². The van der Waals surface area contributed by atoms with Crippen LogP contribution in [0.25, 0.3) is 0 Å². The lowest BCUT2D eigenvalue weighted by Crippen LogP contribution is -2.58. The molecule has 31 heavy (non-hydrogen) atoms. The van der Waals surface area contributed by atoms with Gasteiger partial charge in [-0.1, -0.05) is 0 Å². The zero-order chi connectivity index (χ0) is 21.4. The predicted octanol–water partition coefficient (Wildman–Crippen LogP) is 3.20. The highest BCUT2D eigenvalue weighted by molar-refractivity contribution is 5.69. The van der Waals surface area contributed by atoms with Crippen LogP contribution in [-0.2, 0) is 4.74 Å². The number of piperazine rings is 1. The maximum absolute atomic E-state index is 11.9. The first-order chi connectivity index (χ1) is 15.1. The van der Waals surface area contributed by atoms with Crippen LogP contribution in [0.3, 0.4) is 0 Å². The fourth-order valence-electron chi connectivity index (χ4n) is 6.06. The summed E-state index contributed by atoms with van der Waals surface area (Å²) in [6.07, 6.45) is 9.48. The van der Waals surface area contributed by atoms with E-state index in [4.69, 9.17) is 9.72 Å². The summed E-state index contributed by atoms with van der Waals surface area (Å²) in [5, 5.41) is 0. The van der Waals surface area contributed by atoms with E-state index in [1.807, 2.05) is 18.0 Å². The summed E-state index contributed by atoms with van der Waals surface area (Å²) >= 11 is 0. The molecule has 0 N–H and O–H groups in total. The summed E-state index contributed by atoms with van der Waals surface area (Å²) in [5.41, 5.74) is 1.63. The Labute approximate surface area is 186 Å². The molecule has 2 saturated heterocycles. The number of hydrogen-bond acceptors (Lipinski definition) is 6. The van der Waals surface area contributed by atoms with Crippen LogP contribution in [0, 0.1) is 5.41 Å². The van der Waals surface area contributed by atoms with Crippen LogP contribution < -0.4 is 9.80 Å². The first-order valence-corrected chi connectivity index (χ1v) is 12.2. The number of pyridine rings is 1. The average molecular weight is 428 g/mol. The fourth-order valence-corrected chi connectivity index (χ4v) is 6.06. The van der Waals surface area contributed by atoms with Crippen molar-refractivity contribution in [3.05, 3.63) is 18.3 Å². The van der Waals surface area contributed by atoms with E-state index in [0.717, 1.165) is 45.1 Å². The Hall–Kier alpha value is -2.02. The molecule has 1 spiro atoms. The van der Waals surface area contributed by atoms with Gasteiger partial charge in [0.05, 0.1) is 12.3 Å². The number of ether oxygens (including phenoxy) is 1. The Kier molecular flexibility index (Phi) is 5.71. The molecule has 4 aliphatic rings. The molecule has 2 saturated carbocycles. The molecule has 2 aliphatic heterocycles. The molecule has 1 aromatic heterocycles. The van der Waals surface area contributed by atoms with Gasteiger partial charge in [-0.05, 0) is 57.6 Å². The molecular formula is C24H37N5O2. The summed E-state index contributed by atoms with van der Waals surface area (Å²) in [7, 11) is 2.23. The van der Waals surface area contributed by atoms with Gasteiger partial charge in [0.2, 0.25) is 0 Å². The highest BCUT2D eigenvalue weighted by Crippen LogP contribution is 2.47. The number of carbonyl (C=O) groups is 1. The first kappa shape index (κ1) is 20.9. The van der Waals surface area contributed by atoms with Gasteiger partial charge in [-0.3, -0.25) is 4.90 Å². The molecule has 7 heteroatoms. The van der Waals surface area contributed by atoms with Gasteiger partial charge in [-0.15, -0.1) is 0 Å². The molecule has 170 valence electrons. The minimum atomic E-state index is -0.136. The van der Waals surface area contributed by atoms with Gasteiger partial charge in [0.25, 0.3) is 0 Å². The van der Waals surface area contributed by atoms with Gasteiger partial charge in [-0.2, -0.15) is 0 Å². The standard InChI is InChI=1S/C24H37N5O2/c1-3-31-23(30)29-17-24(18-29)10-9-20(16-24)27-12-14-28(15-13-27)22-21(8-5-11-25-22)26(2)19-6-4-7-19/h5,8,11,19-20H,3-4,6-7,9-10,12-18H2,1-2H3/t20-/m1/s1. The molecule has 0 unspecified atom stereocenters. The summed E-state index contributed by atoms with van der Waals surface area (Å²) in [6, 6.07) is 5.64. The van der Waals surface area contributed by atoms with E-state index in [1.54, 1.807) is 0 Å². The summed E-state index contributed by atoms with van der Waals surface area (Å²) in [5.74, 6) is 1.16. The second kappa shape index (κ2) is 8.49. The minimum Gasteiger partial charge on any atom is -0.450 e. The molecule has 1 amide bonds. The van der Waals surface area contributed by atoms with Crippen molar-refractivity contribution >= 4 is 17.6 Å². The zero-order valence-electron chi connectivity index (χ0n) is 19.1. The SMILES string of the molecule is CCOC(=O)N1CC2(CC[C@@H](N3CCN(c4ncccc4N(C)C4CCC4)CC3)C2)C1. The van der Waals surface area contributed by atoms with E-state index in [1.165, 1.54) is 44.2 Å². The van der Waals surface area contributed by atoms with Crippen molar-refractivity contribution in [3.63, 3.8) is 0 Å². The Bertz CT molecular complexity index is 784. The first-order valence-electron chi connectivity index (χ1n) is 12.2. The molecule has 0 radical (unpaired) electrons. The number of carbonyl (C=O) groups excluding carboxylic acids is 1. The molecule has 0 bridgehead atoms. The largest absolute Gasteiger partial charge is 0.450 e. The third kappa shape index (κ3) is 3.97. The average Bonchev–Trinajstić information content (AvgIpc) is 3.18. The van der Waals surface area contributed by atoms with Crippen LogP contribution in [-0.4, -0.2) is 85.9 Å². The van der Waals surface area contributed by atoms with Crippen LogP contribution in [0.4, 0.5) is 16.3 Å². The Morgan fingerprint density at radius 2 is 2.00 bits per heavy atom.